The molecular formula is C14H10ClFN2O2S. The molecule has 0 aliphatic rings. The largest absolute Gasteiger partial charge is 0.430 e. The topological polar surface area (TPSA) is 69.1 Å². The highest BCUT2D eigenvalue weighted by Crippen LogP contribution is 2.25. The van der Waals surface area contributed by atoms with Crippen LogP contribution in [0.5, 0.6) is 0 Å². The van der Waals surface area contributed by atoms with E-state index in [0.29, 0.717) is 16.8 Å². The van der Waals surface area contributed by atoms with Crippen molar-refractivity contribution in [3.8, 4) is 0 Å². The Balaban J connectivity index is 1.94. The second-order valence-electron chi connectivity index (χ2n) is 4.40. The SMILES string of the molecule is Nc1ccc2nc(S(=O)Cc3c(F)cccc3Cl)oc2c1. The number of nitrogen functional groups attached to an aromatic ring is 1. The van der Waals surface area contributed by atoms with Crippen LogP contribution < -0.4 is 5.73 Å². The smallest absolute Gasteiger partial charge is 0.288 e. The lowest BCUT2D eigenvalue weighted by atomic mass is 10.2. The standard InChI is InChI=1S/C14H10ClFN2O2S/c15-10-2-1-3-11(16)9(10)7-21(19)14-18-12-5-4-8(17)6-13(12)20-14/h1-6H,7,17H2. The lowest BCUT2D eigenvalue weighted by Crippen LogP contribution is -2.00. The Labute approximate surface area is 127 Å². The van der Waals surface area contributed by atoms with Crippen LogP contribution in [-0.2, 0) is 16.6 Å². The predicted octanol–water partition coefficient (Wildman–Crippen LogP) is 3.51. The quantitative estimate of drug-likeness (QED) is 0.748. The van der Waals surface area contributed by atoms with Crippen LogP contribution in [0, 0.1) is 5.82 Å². The summed E-state index contributed by atoms with van der Waals surface area (Å²) in [6.45, 7) is 0. The molecular weight excluding hydrogens is 315 g/mol. The zero-order valence-electron chi connectivity index (χ0n) is 10.7. The summed E-state index contributed by atoms with van der Waals surface area (Å²) in [5, 5.41) is 0.249. The Bertz CT molecular complexity index is 830. The fourth-order valence-corrected chi connectivity index (χ4v) is 3.25. The van der Waals surface area contributed by atoms with Crippen molar-refractivity contribution in [2.24, 2.45) is 0 Å². The number of fused-ring (bicyclic) bond motifs is 1. The number of hydrogen-bond acceptors (Lipinski definition) is 4. The van der Waals surface area contributed by atoms with Gasteiger partial charge in [0.25, 0.3) is 5.22 Å². The lowest BCUT2D eigenvalue weighted by Gasteiger charge is -2.03. The number of aromatic nitrogens is 1. The molecule has 2 N–H and O–H groups in total. The first-order valence-electron chi connectivity index (χ1n) is 6.02. The number of halogens is 2. The average Bonchev–Trinajstić information content (AvgIpc) is 2.86. The second-order valence-corrected chi connectivity index (χ2v) is 6.13. The van der Waals surface area contributed by atoms with Gasteiger partial charge in [0.1, 0.15) is 22.1 Å². The van der Waals surface area contributed by atoms with Gasteiger partial charge >= 0.3 is 0 Å². The molecule has 0 aliphatic heterocycles. The predicted molar refractivity (Wildman–Crippen MR) is 79.9 cm³/mol. The number of hydrogen-bond donors (Lipinski definition) is 1. The molecule has 0 bridgehead atoms. The van der Waals surface area contributed by atoms with E-state index in [1.54, 1.807) is 24.3 Å². The minimum absolute atomic E-state index is 0.0231. The third kappa shape index (κ3) is 2.77. The van der Waals surface area contributed by atoms with Gasteiger partial charge in [-0.15, -0.1) is 0 Å². The van der Waals surface area contributed by atoms with Gasteiger partial charge in [-0.2, -0.15) is 0 Å². The monoisotopic (exact) mass is 324 g/mol. The molecule has 4 nitrogen and oxygen atoms in total. The molecule has 1 atom stereocenters. The van der Waals surface area contributed by atoms with Gasteiger partial charge in [-0.25, -0.2) is 13.6 Å². The fraction of sp³-hybridized carbons (Fsp3) is 0.0714. The molecule has 3 rings (SSSR count). The summed E-state index contributed by atoms with van der Waals surface area (Å²) in [5.41, 5.74) is 7.33. The summed E-state index contributed by atoms with van der Waals surface area (Å²) in [6, 6.07) is 9.25. The summed E-state index contributed by atoms with van der Waals surface area (Å²) < 4.78 is 31.4. The van der Waals surface area contributed by atoms with Crippen LogP contribution in [0.4, 0.5) is 10.1 Å². The zero-order valence-corrected chi connectivity index (χ0v) is 12.2. The number of nitrogens with zero attached hydrogens (tertiary/aromatic N) is 1. The minimum atomic E-state index is -1.64. The second kappa shape index (κ2) is 5.46. The highest BCUT2D eigenvalue weighted by molar-refractivity contribution is 7.84. The van der Waals surface area contributed by atoms with Gasteiger partial charge in [-0.1, -0.05) is 17.7 Å². The molecule has 1 heterocycles. The number of nitrogens with two attached hydrogens (primary N) is 1. The maximum atomic E-state index is 13.7. The Morgan fingerprint density at radius 2 is 2.14 bits per heavy atom. The van der Waals surface area contributed by atoms with Crippen molar-refractivity contribution in [2.45, 2.75) is 11.0 Å². The van der Waals surface area contributed by atoms with Crippen molar-refractivity contribution in [1.82, 2.24) is 4.98 Å². The van der Waals surface area contributed by atoms with Crippen molar-refractivity contribution < 1.29 is 13.0 Å². The van der Waals surface area contributed by atoms with Gasteiger partial charge in [0.15, 0.2) is 5.58 Å². The number of rotatable bonds is 3. The molecule has 0 radical (unpaired) electrons. The highest BCUT2D eigenvalue weighted by atomic mass is 35.5. The van der Waals surface area contributed by atoms with Crippen molar-refractivity contribution in [1.29, 1.82) is 0 Å². The van der Waals surface area contributed by atoms with Crippen LogP contribution in [0.3, 0.4) is 0 Å². The van der Waals surface area contributed by atoms with Crippen LogP contribution in [0.25, 0.3) is 11.1 Å². The average molecular weight is 325 g/mol. The molecule has 2 aromatic carbocycles. The van der Waals surface area contributed by atoms with Crippen molar-refractivity contribution in [2.75, 3.05) is 5.73 Å². The van der Waals surface area contributed by atoms with E-state index in [9.17, 15) is 8.60 Å². The molecule has 1 aromatic heterocycles. The van der Waals surface area contributed by atoms with E-state index >= 15 is 0 Å². The molecule has 0 spiro atoms. The molecule has 1 unspecified atom stereocenters. The van der Waals surface area contributed by atoms with E-state index in [1.165, 1.54) is 12.1 Å². The van der Waals surface area contributed by atoms with E-state index in [1.807, 2.05) is 0 Å². The van der Waals surface area contributed by atoms with Crippen LogP contribution >= 0.6 is 11.6 Å². The normalized spacial score (nSPS) is 12.7. The fourth-order valence-electron chi connectivity index (χ4n) is 1.88. The Morgan fingerprint density at radius 3 is 2.90 bits per heavy atom. The Morgan fingerprint density at radius 1 is 1.33 bits per heavy atom. The van der Waals surface area contributed by atoms with Crippen LogP contribution in [0.1, 0.15) is 5.56 Å². The molecule has 3 aromatic rings. The van der Waals surface area contributed by atoms with E-state index in [4.69, 9.17) is 21.8 Å². The first-order chi connectivity index (χ1) is 10.0. The van der Waals surface area contributed by atoms with E-state index in [2.05, 4.69) is 4.98 Å². The first-order valence-corrected chi connectivity index (χ1v) is 7.71. The van der Waals surface area contributed by atoms with Gasteiger partial charge in [0.05, 0.1) is 5.75 Å². The van der Waals surface area contributed by atoms with E-state index in [-0.39, 0.29) is 21.6 Å². The molecule has 0 fully saturated rings. The highest BCUT2D eigenvalue weighted by Gasteiger charge is 2.17. The van der Waals surface area contributed by atoms with Crippen LogP contribution in [0.2, 0.25) is 5.02 Å². The van der Waals surface area contributed by atoms with E-state index in [0.717, 1.165) is 0 Å². The summed E-state index contributed by atoms with van der Waals surface area (Å²) in [5.74, 6) is -0.607. The molecule has 0 saturated heterocycles. The van der Waals surface area contributed by atoms with Crippen molar-refractivity contribution in [3.05, 3.63) is 52.8 Å². The first kappa shape index (κ1) is 14.0. The Hall–Kier alpha value is -1.92. The molecule has 108 valence electrons. The van der Waals surface area contributed by atoms with Crippen molar-refractivity contribution in [3.63, 3.8) is 0 Å². The molecule has 0 amide bonds. The third-order valence-corrected chi connectivity index (χ3v) is 4.39. The number of anilines is 1. The molecule has 0 saturated carbocycles. The van der Waals surface area contributed by atoms with Gasteiger partial charge in [-0.3, -0.25) is 0 Å². The molecule has 7 heteroatoms. The zero-order chi connectivity index (χ0) is 15.0. The van der Waals surface area contributed by atoms with Gasteiger partial charge < -0.3 is 10.2 Å². The summed E-state index contributed by atoms with van der Waals surface area (Å²) in [7, 11) is -1.64. The lowest BCUT2D eigenvalue weighted by molar-refractivity contribution is 0.477. The summed E-state index contributed by atoms with van der Waals surface area (Å²) in [6.07, 6.45) is 0. The summed E-state index contributed by atoms with van der Waals surface area (Å²) in [4.78, 5) is 4.12. The van der Waals surface area contributed by atoms with Gasteiger partial charge in [0.2, 0.25) is 0 Å². The van der Waals surface area contributed by atoms with Crippen LogP contribution in [0.15, 0.2) is 46.0 Å². The van der Waals surface area contributed by atoms with Gasteiger partial charge in [-0.05, 0) is 24.3 Å². The van der Waals surface area contributed by atoms with Gasteiger partial charge in [0, 0.05) is 22.3 Å². The number of oxazole rings is 1. The van der Waals surface area contributed by atoms with Crippen molar-refractivity contribution >= 4 is 39.2 Å². The molecule has 21 heavy (non-hydrogen) atoms. The van der Waals surface area contributed by atoms with Crippen LogP contribution in [-0.4, -0.2) is 9.19 Å². The number of benzene rings is 2. The van der Waals surface area contributed by atoms with E-state index < -0.39 is 16.6 Å². The summed E-state index contributed by atoms with van der Waals surface area (Å²) >= 11 is 5.92. The molecule has 0 aliphatic carbocycles. The Kier molecular flexibility index (Phi) is 3.65. The maximum Gasteiger partial charge on any atom is 0.288 e. The minimum Gasteiger partial charge on any atom is -0.430 e. The maximum absolute atomic E-state index is 13.7. The third-order valence-electron chi connectivity index (χ3n) is 2.92.